The largest absolute Gasteiger partial charge is 0.349 e. The van der Waals surface area contributed by atoms with Crippen LogP contribution in [0.4, 0.5) is 0 Å². The van der Waals surface area contributed by atoms with Crippen molar-refractivity contribution in [2.24, 2.45) is 5.92 Å². The summed E-state index contributed by atoms with van der Waals surface area (Å²) >= 11 is 0. The number of carbonyl (C=O) groups excluding carboxylic acids is 1. The van der Waals surface area contributed by atoms with Gasteiger partial charge in [0.05, 0.1) is 17.6 Å². The third-order valence-corrected chi connectivity index (χ3v) is 4.63. The van der Waals surface area contributed by atoms with Gasteiger partial charge in [-0.25, -0.2) is 4.98 Å². The molecule has 0 unspecified atom stereocenters. The van der Waals surface area contributed by atoms with Crippen LogP contribution in [0.1, 0.15) is 57.2 Å². The minimum Gasteiger partial charge on any atom is -0.349 e. The lowest BCUT2D eigenvalue weighted by Gasteiger charge is -2.21. The zero-order chi connectivity index (χ0) is 15.2. The van der Waals surface area contributed by atoms with Crippen LogP contribution in [0, 0.1) is 5.92 Å². The van der Waals surface area contributed by atoms with Gasteiger partial charge < -0.3 is 10.3 Å². The molecule has 0 spiro atoms. The first-order valence-corrected chi connectivity index (χ1v) is 8.51. The maximum Gasteiger partial charge on any atom is 0.220 e. The number of nitrogens with one attached hydrogen (secondary N) is 2. The summed E-state index contributed by atoms with van der Waals surface area (Å²) in [5, 5.41) is 2.96. The van der Waals surface area contributed by atoms with E-state index in [0.717, 1.165) is 29.2 Å². The number of carbonyl (C=O) groups is 1. The molecular weight excluding hydrogens is 274 g/mol. The molecule has 4 nitrogen and oxygen atoms in total. The monoisotopic (exact) mass is 299 g/mol. The fraction of sp³-hybridized carbons (Fsp3) is 0.556. The minimum atomic E-state index is 0.135. The Bertz CT molecular complexity index is 581. The summed E-state index contributed by atoms with van der Waals surface area (Å²) in [6.07, 6.45) is 9.73. The number of H-pyrrole nitrogens is 1. The lowest BCUT2D eigenvalue weighted by atomic mass is 9.86. The van der Waals surface area contributed by atoms with Gasteiger partial charge >= 0.3 is 0 Å². The summed E-state index contributed by atoms with van der Waals surface area (Å²) in [6.45, 7) is 0.483. The van der Waals surface area contributed by atoms with Crippen LogP contribution in [0.2, 0.25) is 0 Å². The van der Waals surface area contributed by atoms with Gasteiger partial charge in [0, 0.05) is 6.42 Å². The molecule has 1 fully saturated rings. The molecule has 0 atom stereocenters. The number of aromatic nitrogens is 2. The van der Waals surface area contributed by atoms with E-state index in [2.05, 4.69) is 15.3 Å². The Morgan fingerprint density at radius 2 is 2.05 bits per heavy atom. The van der Waals surface area contributed by atoms with E-state index in [0.29, 0.717) is 13.0 Å². The third-order valence-electron chi connectivity index (χ3n) is 4.63. The Balaban J connectivity index is 1.38. The molecule has 1 heterocycles. The molecule has 1 aromatic heterocycles. The molecule has 4 heteroatoms. The van der Waals surface area contributed by atoms with Crippen LogP contribution >= 0.6 is 0 Å². The van der Waals surface area contributed by atoms with E-state index >= 15 is 0 Å². The molecule has 2 N–H and O–H groups in total. The standard InChI is InChI=1S/C18H25N3O/c22-18(12-6-9-14-7-2-1-3-8-14)19-13-17-20-15-10-4-5-11-16(15)21-17/h4-5,10-11,14H,1-3,6-9,12-13H2,(H,19,22)(H,20,21). The smallest absolute Gasteiger partial charge is 0.220 e. The number of amides is 1. The zero-order valence-electron chi connectivity index (χ0n) is 13.1. The first kappa shape index (κ1) is 15.1. The van der Waals surface area contributed by atoms with Gasteiger partial charge in [-0.1, -0.05) is 44.2 Å². The molecule has 118 valence electrons. The summed E-state index contributed by atoms with van der Waals surface area (Å²) in [4.78, 5) is 19.6. The first-order chi connectivity index (χ1) is 10.8. The van der Waals surface area contributed by atoms with Crippen molar-refractivity contribution in [1.82, 2.24) is 15.3 Å². The number of hydrogen-bond acceptors (Lipinski definition) is 2. The number of imidazole rings is 1. The molecule has 3 rings (SSSR count). The summed E-state index contributed by atoms with van der Waals surface area (Å²) in [7, 11) is 0. The van der Waals surface area contributed by atoms with E-state index in [1.54, 1.807) is 0 Å². The Hall–Kier alpha value is -1.84. The van der Waals surface area contributed by atoms with Gasteiger partial charge in [-0.05, 0) is 30.9 Å². The predicted octanol–water partition coefficient (Wildman–Crippen LogP) is 3.93. The number of para-hydroxylation sites is 2. The number of benzene rings is 1. The van der Waals surface area contributed by atoms with E-state index in [1.165, 1.54) is 38.5 Å². The van der Waals surface area contributed by atoms with Crippen LogP contribution in [0.25, 0.3) is 11.0 Å². The van der Waals surface area contributed by atoms with Crippen LogP contribution in [-0.2, 0) is 11.3 Å². The highest BCUT2D eigenvalue weighted by Crippen LogP contribution is 2.27. The second-order valence-corrected chi connectivity index (χ2v) is 6.37. The number of aromatic amines is 1. The van der Waals surface area contributed by atoms with E-state index in [9.17, 15) is 4.79 Å². The average molecular weight is 299 g/mol. The molecule has 1 aliphatic rings. The van der Waals surface area contributed by atoms with Gasteiger partial charge in [0.15, 0.2) is 0 Å². The summed E-state index contributed by atoms with van der Waals surface area (Å²) in [5.74, 6) is 1.81. The Morgan fingerprint density at radius 3 is 2.86 bits per heavy atom. The average Bonchev–Trinajstić information content (AvgIpc) is 2.97. The van der Waals surface area contributed by atoms with Crippen molar-refractivity contribution >= 4 is 16.9 Å². The highest BCUT2D eigenvalue weighted by Gasteiger charge is 2.13. The van der Waals surface area contributed by atoms with Crippen LogP contribution in [0.15, 0.2) is 24.3 Å². The number of nitrogens with zero attached hydrogens (tertiary/aromatic N) is 1. The Morgan fingerprint density at radius 1 is 1.23 bits per heavy atom. The number of rotatable bonds is 6. The SMILES string of the molecule is O=C(CCCC1CCCCC1)NCc1nc2ccccc2[nH]1. The van der Waals surface area contributed by atoms with E-state index in [-0.39, 0.29) is 5.91 Å². The van der Waals surface area contributed by atoms with Gasteiger partial charge in [-0.3, -0.25) is 4.79 Å². The topological polar surface area (TPSA) is 57.8 Å². The number of hydrogen-bond donors (Lipinski definition) is 2. The summed E-state index contributed by atoms with van der Waals surface area (Å²) in [5.41, 5.74) is 1.97. The van der Waals surface area contributed by atoms with Crippen LogP contribution < -0.4 is 5.32 Å². The molecular formula is C18H25N3O. The van der Waals surface area contributed by atoms with Crippen LogP contribution in [0.3, 0.4) is 0 Å². The molecule has 1 amide bonds. The van der Waals surface area contributed by atoms with Gasteiger partial charge in [0.1, 0.15) is 5.82 Å². The fourth-order valence-corrected chi connectivity index (χ4v) is 3.39. The van der Waals surface area contributed by atoms with Gasteiger partial charge in [0.25, 0.3) is 0 Å². The lowest BCUT2D eigenvalue weighted by Crippen LogP contribution is -2.23. The van der Waals surface area contributed by atoms with Gasteiger partial charge in [-0.2, -0.15) is 0 Å². The van der Waals surface area contributed by atoms with Crippen molar-refractivity contribution < 1.29 is 4.79 Å². The summed E-state index contributed by atoms with van der Waals surface area (Å²) < 4.78 is 0. The Kier molecular flexibility index (Phi) is 5.09. The molecule has 0 bridgehead atoms. The van der Waals surface area contributed by atoms with Crippen molar-refractivity contribution in [3.05, 3.63) is 30.1 Å². The molecule has 0 aliphatic heterocycles. The maximum absolute atomic E-state index is 11.9. The molecule has 0 radical (unpaired) electrons. The molecule has 2 aromatic rings. The highest BCUT2D eigenvalue weighted by molar-refractivity contribution is 5.76. The first-order valence-electron chi connectivity index (χ1n) is 8.51. The van der Waals surface area contributed by atoms with Gasteiger partial charge in [-0.15, -0.1) is 0 Å². The van der Waals surface area contributed by atoms with Crippen molar-refractivity contribution in [1.29, 1.82) is 0 Å². The molecule has 1 aliphatic carbocycles. The Labute approximate surface area is 131 Å². The summed E-state index contributed by atoms with van der Waals surface area (Å²) in [6, 6.07) is 7.92. The lowest BCUT2D eigenvalue weighted by molar-refractivity contribution is -0.121. The van der Waals surface area contributed by atoms with Crippen molar-refractivity contribution in [2.45, 2.75) is 57.9 Å². The van der Waals surface area contributed by atoms with E-state index in [1.807, 2.05) is 24.3 Å². The molecule has 1 aromatic carbocycles. The van der Waals surface area contributed by atoms with Crippen molar-refractivity contribution in [3.63, 3.8) is 0 Å². The number of fused-ring (bicyclic) bond motifs is 1. The fourth-order valence-electron chi connectivity index (χ4n) is 3.39. The van der Waals surface area contributed by atoms with E-state index < -0.39 is 0 Å². The second-order valence-electron chi connectivity index (χ2n) is 6.37. The zero-order valence-corrected chi connectivity index (χ0v) is 13.1. The normalized spacial score (nSPS) is 16.0. The van der Waals surface area contributed by atoms with Crippen molar-refractivity contribution in [2.75, 3.05) is 0 Å². The quantitative estimate of drug-likeness (QED) is 0.849. The maximum atomic E-state index is 11.9. The van der Waals surface area contributed by atoms with E-state index in [4.69, 9.17) is 0 Å². The van der Waals surface area contributed by atoms with Crippen LogP contribution in [-0.4, -0.2) is 15.9 Å². The van der Waals surface area contributed by atoms with Crippen LogP contribution in [0.5, 0.6) is 0 Å². The third kappa shape index (κ3) is 4.09. The van der Waals surface area contributed by atoms with Crippen molar-refractivity contribution in [3.8, 4) is 0 Å². The molecule has 22 heavy (non-hydrogen) atoms. The second kappa shape index (κ2) is 7.43. The predicted molar refractivity (Wildman–Crippen MR) is 88.4 cm³/mol. The highest BCUT2D eigenvalue weighted by atomic mass is 16.1. The minimum absolute atomic E-state index is 0.135. The molecule has 0 saturated heterocycles. The molecule has 1 saturated carbocycles. The van der Waals surface area contributed by atoms with Gasteiger partial charge in [0.2, 0.25) is 5.91 Å².